The summed E-state index contributed by atoms with van der Waals surface area (Å²) in [6, 6.07) is 10.2. The lowest BCUT2D eigenvalue weighted by Gasteiger charge is -2.29. The van der Waals surface area contributed by atoms with Crippen molar-refractivity contribution in [2.45, 2.75) is 46.7 Å². The first-order valence-corrected chi connectivity index (χ1v) is 10.7. The monoisotopic (exact) mass is 450 g/mol. The highest BCUT2D eigenvalue weighted by molar-refractivity contribution is 6.36. The van der Waals surface area contributed by atoms with Crippen LogP contribution in [0, 0.1) is 13.8 Å². The molecule has 0 saturated heterocycles. The van der Waals surface area contributed by atoms with Crippen LogP contribution >= 0.6 is 23.2 Å². The number of hydrogen-bond acceptors (Lipinski definition) is 3. The van der Waals surface area contributed by atoms with Crippen molar-refractivity contribution in [2.75, 3.05) is 13.2 Å². The lowest BCUT2D eigenvalue weighted by atomic mass is 10.1. The van der Waals surface area contributed by atoms with E-state index in [9.17, 15) is 9.59 Å². The molecule has 0 aliphatic rings. The third kappa shape index (κ3) is 6.64. The summed E-state index contributed by atoms with van der Waals surface area (Å²) in [7, 11) is 0. The SMILES string of the molecule is CCCNC(=O)[C@H](C)N(Cc1c(Cl)cccc1Cl)C(=O)COc1cc(C)cc(C)c1. The summed E-state index contributed by atoms with van der Waals surface area (Å²) in [4.78, 5) is 27.1. The number of amides is 2. The van der Waals surface area contributed by atoms with Crippen LogP contribution in [0.4, 0.5) is 0 Å². The second-order valence-electron chi connectivity index (χ2n) is 7.30. The molecular formula is C23H28Cl2N2O3. The average molecular weight is 451 g/mol. The van der Waals surface area contributed by atoms with Crippen molar-refractivity contribution < 1.29 is 14.3 Å². The van der Waals surface area contributed by atoms with Gasteiger partial charge in [-0.1, -0.05) is 42.3 Å². The van der Waals surface area contributed by atoms with Crippen LogP contribution in [-0.4, -0.2) is 35.9 Å². The lowest BCUT2D eigenvalue weighted by Crippen LogP contribution is -2.49. The van der Waals surface area contributed by atoms with E-state index in [1.54, 1.807) is 25.1 Å². The minimum Gasteiger partial charge on any atom is -0.484 e. The maximum atomic E-state index is 13.1. The molecule has 2 aromatic carbocycles. The van der Waals surface area contributed by atoms with Crippen molar-refractivity contribution in [1.29, 1.82) is 0 Å². The predicted octanol–water partition coefficient (Wildman–Crippen LogP) is 4.93. The summed E-state index contributed by atoms with van der Waals surface area (Å²) in [6.45, 7) is 8.03. The average Bonchev–Trinajstić information content (AvgIpc) is 2.69. The van der Waals surface area contributed by atoms with Gasteiger partial charge in [0.25, 0.3) is 5.91 Å². The molecule has 2 amide bonds. The highest BCUT2D eigenvalue weighted by Crippen LogP contribution is 2.26. The Hall–Kier alpha value is -2.24. The summed E-state index contributed by atoms with van der Waals surface area (Å²) in [5, 5.41) is 3.71. The lowest BCUT2D eigenvalue weighted by molar-refractivity contribution is -0.142. The van der Waals surface area contributed by atoms with Gasteiger partial charge in [-0.15, -0.1) is 0 Å². The fraction of sp³-hybridized carbons (Fsp3) is 0.391. The molecule has 1 N–H and O–H groups in total. The van der Waals surface area contributed by atoms with E-state index >= 15 is 0 Å². The molecule has 0 aliphatic heterocycles. The smallest absolute Gasteiger partial charge is 0.261 e. The minimum absolute atomic E-state index is 0.105. The van der Waals surface area contributed by atoms with E-state index in [4.69, 9.17) is 27.9 Å². The molecule has 30 heavy (non-hydrogen) atoms. The van der Waals surface area contributed by atoms with Crippen LogP contribution in [0.5, 0.6) is 5.75 Å². The van der Waals surface area contributed by atoms with Crippen LogP contribution in [0.2, 0.25) is 10.0 Å². The number of halogens is 2. The van der Waals surface area contributed by atoms with Gasteiger partial charge < -0.3 is 15.0 Å². The zero-order valence-electron chi connectivity index (χ0n) is 17.8. The zero-order chi connectivity index (χ0) is 22.3. The fourth-order valence-corrected chi connectivity index (χ4v) is 3.59. The molecule has 0 fully saturated rings. The highest BCUT2D eigenvalue weighted by Gasteiger charge is 2.27. The van der Waals surface area contributed by atoms with Gasteiger partial charge in [0, 0.05) is 28.7 Å². The number of benzene rings is 2. The summed E-state index contributed by atoms with van der Waals surface area (Å²) in [5.41, 5.74) is 2.68. The first-order valence-electron chi connectivity index (χ1n) is 9.94. The summed E-state index contributed by atoms with van der Waals surface area (Å²) >= 11 is 12.6. The quantitative estimate of drug-likeness (QED) is 0.588. The first-order chi connectivity index (χ1) is 14.2. The van der Waals surface area contributed by atoms with Crippen molar-refractivity contribution >= 4 is 35.0 Å². The van der Waals surface area contributed by atoms with E-state index < -0.39 is 6.04 Å². The van der Waals surface area contributed by atoms with E-state index in [0.717, 1.165) is 17.5 Å². The van der Waals surface area contributed by atoms with Crippen LogP contribution in [0.25, 0.3) is 0 Å². The van der Waals surface area contributed by atoms with Gasteiger partial charge in [0.05, 0.1) is 0 Å². The second kappa shape index (κ2) is 11.2. The van der Waals surface area contributed by atoms with Gasteiger partial charge in [-0.2, -0.15) is 0 Å². The second-order valence-corrected chi connectivity index (χ2v) is 8.12. The van der Waals surface area contributed by atoms with Gasteiger partial charge in [0.15, 0.2) is 6.61 Å². The van der Waals surface area contributed by atoms with Crippen molar-refractivity contribution in [1.82, 2.24) is 10.2 Å². The highest BCUT2D eigenvalue weighted by atomic mass is 35.5. The Bertz CT molecular complexity index is 862. The third-order valence-electron chi connectivity index (χ3n) is 4.66. The Morgan fingerprint density at radius 2 is 1.70 bits per heavy atom. The molecule has 0 saturated carbocycles. The number of rotatable bonds is 9. The van der Waals surface area contributed by atoms with Crippen LogP contribution < -0.4 is 10.1 Å². The van der Waals surface area contributed by atoms with Crippen molar-refractivity contribution in [3.63, 3.8) is 0 Å². The minimum atomic E-state index is -0.709. The van der Waals surface area contributed by atoms with Gasteiger partial charge in [-0.05, 0) is 62.6 Å². The number of carbonyl (C=O) groups excluding carboxylic acids is 2. The Kier molecular flexibility index (Phi) is 9.00. The molecule has 7 heteroatoms. The van der Waals surface area contributed by atoms with Crippen LogP contribution in [0.3, 0.4) is 0 Å². The van der Waals surface area contributed by atoms with Gasteiger partial charge in [0.2, 0.25) is 5.91 Å². The maximum absolute atomic E-state index is 13.1. The molecule has 2 rings (SSSR count). The fourth-order valence-electron chi connectivity index (χ4n) is 3.08. The zero-order valence-corrected chi connectivity index (χ0v) is 19.3. The Morgan fingerprint density at radius 3 is 2.27 bits per heavy atom. The number of hydrogen-bond donors (Lipinski definition) is 1. The molecule has 0 unspecified atom stereocenters. The number of nitrogens with one attached hydrogen (secondary N) is 1. The van der Waals surface area contributed by atoms with Gasteiger partial charge >= 0.3 is 0 Å². The summed E-state index contributed by atoms with van der Waals surface area (Å²) < 4.78 is 5.73. The standard InChI is InChI=1S/C23H28Cl2N2O3/c1-5-9-26-23(29)17(4)27(13-19-20(24)7-6-8-21(19)25)22(28)14-30-18-11-15(2)10-16(3)12-18/h6-8,10-12,17H,5,9,13-14H2,1-4H3,(H,26,29)/t17-/m0/s1. The van der Waals surface area contributed by atoms with E-state index in [1.807, 2.05) is 39.0 Å². The van der Waals surface area contributed by atoms with Gasteiger partial charge in [0.1, 0.15) is 11.8 Å². The van der Waals surface area contributed by atoms with Crippen molar-refractivity contribution in [3.8, 4) is 5.75 Å². The maximum Gasteiger partial charge on any atom is 0.261 e. The molecule has 0 spiro atoms. The van der Waals surface area contributed by atoms with Crippen molar-refractivity contribution in [3.05, 3.63) is 63.1 Å². The molecule has 0 heterocycles. The molecular weight excluding hydrogens is 423 g/mol. The molecule has 162 valence electrons. The Labute approximate surface area is 188 Å². The molecule has 0 aliphatic carbocycles. The molecule has 0 radical (unpaired) electrons. The largest absolute Gasteiger partial charge is 0.484 e. The number of ether oxygens (including phenoxy) is 1. The molecule has 0 aromatic heterocycles. The topological polar surface area (TPSA) is 58.6 Å². The van der Waals surface area contributed by atoms with E-state index in [1.165, 1.54) is 4.90 Å². The molecule has 1 atom stereocenters. The van der Waals surface area contributed by atoms with Crippen LogP contribution in [-0.2, 0) is 16.1 Å². The number of nitrogens with zero attached hydrogens (tertiary/aromatic N) is 1. The number of carbonyl (C=O) groups is 2. The summed E-state index contributed by atoms with van der Waals surface area (Å²) in [5.74, 6) is 0.0451. The van der Waals surface area contributed by atoms with Gasteiger partial charge in [-0.3, -0.25) is 9.59 Å². The van der Waals surface area contributed by atoms with E-state index in [-0.39, 0.29) is 25.0 Å². The van der Waals surface area contributed by atoms with Crippen LogP contribution in [0.1, 0.15) is 37.0 Å². The summed E-state index contributed by atoms with van der Waals surface area (Å²) in [6.07, 6.45) is 0.804. The van der Waals surface area contributed by atoms with Gasteiger partial charge in [-0.25, -0.2) is 0 Å². The third-order valence-corrected chi connectivity index (χ3v) is 5.37. The molecule has 2 aromatic rings. The predicted molar refractivity (Wildman–Crippen MR) is 121 cm³/mol. The van der Waals surface area contributed by atoms with Crippen molar-refractivity contribution in [2.24, 2.45) is 0 Å². The van der Waals surface area contributed by atoms with E-state index in [0.29, 0.717) is 27.9 Å². The first kappa shape index (κ1) is 24.0. The Balaban J connectivity index is 2.22. The Morgan fingerprint density at radius 1 is 1.10 bits per heavy atom. The number of aryl methyl sites for hydroxylation is 2. The van der Waals surface area contributed by atoms with E-state index in [2.05, 4.69) is 5.32 Å². The molecule has 0 bridgehead atoms. The van der Waals surface area contributed by atoms with Crippen LogP contribution in [0.15, 0.2) is 36.4 Å². The normalized spacial score (nSPS) is 11.7. The molecule has 5 nitrogen and oxygen atoms in total.